The first-order valence-corrected chi connectivity index (χ1v) is 8.30. The Labute approximate surface area is 128 Å². The van der Waals surface area contributed by atoms with Crippen LogP contribution in [-0.4, -0.2) is 54.5 Å². The molecule has 2 amide bonds. The van der Waals surface area contributed by atoms with E-state index in [0.717, 1.165) is 13.0 Å². The van der Waals surface area contributed by atoms with E-state index in [4.69, 9.17) is 4.74 Å². The number of hydrogen-bond acceptors (Lipinski definition) is 4. The van der Waals surface area contributed by atoms with Crippen molar-refractivity contribution in [2.24, 2.45) is 0 Å². The second kappa shape index (κ2) is 6.58. The molecule has 0 unspecified atom stereocenters. The molecule has 0 bridgehead atoms. The van der Waals surface area contributed by atoms with Gasteiger partial charge in [-0.25, -0.2) is 0 Å². The number of hydrogen-bond donors (Lipinski definition) is 0. The minimum atomic E-state index is 0.0693. The lowest BCUT2D eigenvalue weighted by atomic mass is 10.1. The minimum Gasteiger partial charge on any atom is -0.378 e. The monoisotopic (exact) mass is 308 g/mol. The molecule has 2 aliphatic heterocycles. The zero-order valence-corrected chi connectivity index (χ0v) is 12.9. The van der Waals surface area contributed by atoms with Crippen LogP contribution in [0.4, 0.5) is 0 Å². The van der Waals surface area contributed by atoms with Crippen LogP contribution in [0.5, 0.6) is 0 Å². The average Bonchev–Trinajstić information content (AvgIpc) is 3.00. The number of carbonyl (C=O) groups is 2. The smallest absolute Gasteiger partial charge is 0.223 e. The molecule has 0 saturated carbocycles. The number of nitrogens with zero attached hydrogens (tertiary/aromatic N) is 2. The number of rotatable bonds is 3. The lowest BCUT2D eigenvalue weighted by Gasteiger charge is -2.29. The first kappa shape index (κ1) is 14.5. The molecular formula is C15H20N2O3S. The summed E-state index contributed by atoms with van der Waals surface area (Å²) < 4.78 is 5.23. The molecule has 1 aromatic heterocycles. The normalized spacial score (nSPS) is 18.5. The Morgan fingerprint density at radius 1 is 1.10 bits per heavy atom. The molecule has 0 atom stereocenters. The molecule has 5 nitrogen and oxygen atoms in total. The van der Waals surface area contributed by atoms with Crippen molar-refractivity contribution in [2.75, 3.05) is 32.8 Å². The predicted molar refractivity (Wildman–Crippen MR) is 80.1 cm³/mol. The van der Waals surface area contributed by atoms with E-state index in [9.17, 15) is 9.59 Å². The van der Waals surface area contributed by atoms with Crippen LogP contribution < -0.4 is 0 Å². The third-order valence-corrected chi connectivity index (χ3v) is 5.10. The van der Waals surface area contributed by atoms with Gasteiger partial charge in [-0.15, -0.1) is 11.3 Å². The van der Waals surface area contributed by atoms with Crippen LogP contribution in [0.25, 0.3) is 0 Å². The summed E-state index contributed by atoms with van der Waals surface area (Å²) in [7, 11) is 0. The first-order chi connectivity index (χ1) is 10.2. The molecule has 0 N–H and O–H groups in total. The molecule has 2 aliphatic rings. The van der Waals surface area contributed by atoms with Gasteiger partial charge in [0.1, 0.15) is 0 Å². The van der Waals surface area contributed by atoms with Crippen molar-refractivity contribution >= 4 is 23.2 Å². The van der Waals surface area contributed by atoms with E-state index in [2.05, 4.69) is 11.4 Å². The van der Waals surface area contributed by atoms with Gasteiger partial charge in [-0.1, -0.05) is 0 Å². The Balaban J connectivity index is 1.47. The summed E-state index contributed by atoms with van der Waals surface area (Å²) in [4.78, 5) is 29.4. The van der Waals surface area contributed by atoms with Gasteiger partial charge in [0, 0.05) is 43.9 Å². The van der Waals surface area contributed by atoms with Crippen LogP contribution >= 0.6 is 11.3 Å². The molecule has 1 saturated heterocycles. The van der Waals surface area contributed by atoms with Gasteiger partial charge in [0.2, 0.25) is 11.8 Å². The van der Waals surface area contributed by atoms with Crippen LogP contribution in [-0.2, 0) is 27.3 Å². The second-order valence-electron chi connectivity index (χ2n) is 5.43. The van der Waals surface area contributed by atoms with E-state index in [-0.39, 0.29) is 11.8 Å². The zero-order valence-electron chi connectivity index (χ0n) is 12.0. The predicted octanol–water partition coefficient (Wildman–Crippen LogP) is 1.27. The summed E-state index contributed by atoms with van der Waals surface area (Å²) in [5.74, 6) is 0.161. The largest absolute Gasteiger partial charge is 0.378 e. The molecule has 1 fully saturated rings. The van der Waals surface area contributed by atoms with Gasteiger partial charge in [0.25, 0.3) is 0 Å². The maximum atomic E-state index is 12.3. The minimum absolute atomic E-state index is 0.0693. The SMILES string of the molecule is O=C(CCC(=O)N1CCc2sccc2C1)N1CCOCC1. The van der Waals surface area contributed by atoms with Gasteiger partial charge in [0.15, 0.2) is 0 Å². The summed E-state index contributed by atoms with van der Waals surface area (Å²) in [5.41, 5.74) is 1.26. The fourth-order valence-electron chi connectivity index (χ4n) is 2.80. The highest BCUT2D eigenvalue weighted by molar-refractivity contribution is 7.10. The summed E-state index contributed by atoms with van der Waals surface area (Å²) in [5, 5.41) is 2.08. The third-order valence-electron chi connectivity index (χ3n) is 4.08. The fourth-order valence-corrected chi connectivity index (χ4v) is 3.69. The van der Waals surface area contributed by atoms with E-state index in [0.29, 0.717) is 45.7 Å². The summed E-state index contributed by atoms with van der Waals surface area (Å²) in [6, 6.07) is 2.10. The van der Waals surface area contributed by atoms with E-state index < -0.39 is 0 Å². The summed E-state index contributed by atoms with van der Waals surface area (Å²) in [6.07, 6.45) is 1.57. The average molecular weight is 308 g/mol. The molecule has 114 valence electrons. The Bertz CT molecular complexity index is 523. The lowest BCUT2D eigenvalue weighted by molar-refractivity contribution is -0.139. The molecule has 3 heterocycles. The molecule has 0 spiro atoms. The van der Waals surface area contributed by atoms with Gasteiger partial charge in [-0.2, -0.15) is 0 Å². The first-order valence-electron chi connectivity index (χ1n) is 7.42. The summed E-state index contributed by atoms with van der Waals surface area (Å²) >= 11 is 1.77. The second-order valence-corrected chi connectivity index (χ2v) is 6.43. The number of morpholine rings is 1. The topological polar surface area (TPSA) is 49.9 Å². The van der Waals surface area contributed by atoms with Crippen molar-refractivity contribution in [1.29, 1.82) is 0 Å². The highest BCUT2D eigenvalue weighted by atomic mass is 32.1. The summed E-state index contributed by atoms with van der Waals surface area (Å²) in [6.45, 7) is 3.98. The van der Waals surface area contributed by atoms with E-state index in [1.165, 1.54) is 10.4 Å². The number of fused-ring (bicyclic) bond motifs is 1. The fraction of sp³-hybridized carbons (Fsp3) is 0.600. The Kier molecular flexibility index (Phi) is 4.55. The standard InChI is InChI=1S/C15H20N2O3S/c18-14(16-6-8-20-9-7-16)1-2-15(19)17-5-3-13-12(11-17)4-10-21-13/h4,10H,1-3,5-9,11H2. The molecule has 1 aromatic rings. The van der Waals surface area contributed by atoms with Gasteiger partial charge in [0.05, 0.1) is 13.2 Å². The Morgan fingerprint density at radius 2 is 1.81 bits per heavy atom. The molecular weight excluding hydrogens is 288 g/mol. The lowest BCUT2D eigenvalue weighted by Crippen LogP contribution is -2.41. The van der Waals surface area contributed by atoms with Crippen molar-refractivity contribution in [3.05, 3.63) is 21.9 Å². The van der Waals surface area contributed by atoms with Crippen molar-refractivity contribution < 1.29 is 14.3 Å². The van der Waals surface area contributed by atoms with Crippen LogP contribution in [0.2, 0.25) is 0 Å². The number of carbonyl (C=O) groups excluding carboxylic acids is 2. The molecule has 0 aromatic carbocycles. The number of amides is 2. The molecule has 21 heavy (non-hydrogen) atoms. The molecule has 0 radical (unpaired) electrons. The van der Waals surface area contributed by atoms with E-state index in [1.54, 1.807) is 16.2 Å². The van der Waals surface area contributed by atoms with Crippen molar-refractivity contribution in [1.82, 2.24) is 9.80 Å². The van der Waals surface area contributed by atoms with E-state index >= 15 is 0 Å². The van der Waals surface area contributed by atoms with Crippen LogP contribution in [0, 0.1) is 0 Å². The quantitative estimate of drug-likeness (QED) is 0.845. The Hall–Kier alpha value is -1.40. The molecule has 6 heteroatoms. The van der Waals surface area contributed by atoms with Crippen LogP contribution in [0.15, 0.2) is 11.4 Å². The maximum absolute atomic E-state index is 12.3. The van der Waals surface area contributed by atoms with Crippen molar-refractivity contribution in [3.8, 4) is 0 Å². The maximum Gasteiger partial charge on any atom is 0.223 e. The van der Waals surface area contributed by atoms with Crippen molar-refractivity contribution in [3.63, 3.8) is 0 Å². The molecule has 0 aliphatic carbocycles. The van der Waals surface area contributed by atoms with Crippen LogP contribution in [0.3, 0.4) is 0 Å². The highest BCUT2D eigenvalue weighted by Gasteiger charge is 2.23. The van der Waals surface area contributed by atoms with Gasteiger partial charge in [-0.05, 0) is 23.4 Å². The zero-order chi connectivity index (χ0) is 14.7. The van der Waals surface area contributed by atoms with Gasteiger partial charge in [-0.3, -0.25) is 9.59 Å². The van der Waals surface area contributed by atoms with Gasteiger partial charge >= 0.3 is 0 Å². The number of ether oxygens (including phenoxy) is 1. The highest BCUT2D eigenvalue weighted by Crippen LogP contribution is 2.24. The van der Waals surface area contributed by atoms with Gasteiger partial charge < -0.3 is 14.5 Å². The third kappa shape index (κ3) is 3.44. The molecule has 3 rings (SSSR count). The van der Waals surface area contributed by atoms with Crippen molar-refractivity contribution in [2.45, 2.75) is 25.8 Å². The van der Waals surface area contributed by atoms with Crippen LogP contribution in [0.1, 0.15) is 23.3 Å². The van der Waals surface area contributed by atoms with E-state index in [1.807, 2.05) is 4.90 Å². The Morgan fingerprint density at radius 3 is 2.57 bits per heavy atom. The number of thiophene rings is 1.